The van der Waals surface area contributed by atoms with Crippen LogP contribution in [0.1, 0.15) is 44.1 Å². The first-order valence-electron chi connectivity index (χ1n) is 6.71. The lowest BCUT2D eigenvalue weighted by Gasteiger charge is -2.25. The fourth-order valence-corrected chi connectivity index (χ4v) is 2.68. The van der Waals surface area contributed by atoms with E-state index in [0.29, 0.717) is 0 Å². The molecule has 0 spiro atoms. The molecule has 1 aromatic carbocycles. The van der Waals surface area contributed by atoms with Gasteiger partial charge in [-0.05, 0) is 30.7 Å². The van der Waals surface area contributed by atoms with Crippen LogP contribution < -0.4 is 0 Å². The molecule has 0 aliphatic heterocycles. The van der Waals surface area contributed by atoms with Crippen molar-refractivity contribution in [1.29, 1.82) is 0 Å². The van der Waals surface area contributed by atoms with Gasteiger partial charge in [0.2, 0.25) is 0 Å². The van der Waals surface area contributed by atoms with E-state index in [4.69, 9.17) is 0 Å². The van der Waals surface area contributed by atoms with Crippen molar-refractivity contribution in [3.8, 4) is 0 Å². The molecule has 0 amide bonds. The summed E-state index contributed by atoms with van der Waals surface area (Å²) < 4.78 is 0. The van der Waals surface area contributed by atoms with Crippen molar-refractivity contribution in [2.24, 2.45) is 5.92 Å². The van der Waals surface area contributed by atoms with Crippen LogP contribution in [0.4, 0.5) is 0 Å². The van der Waals surface area contributed by atoms with Gasteiger partial charge in [0.05, 0.1) is 6.10 Å². The van der Waals surface area contributed by atoms with Crippen molar-refractivity contribution in [3.05, 3.63) is 48.0 Å². The summed E-state index contributed by atoms with van der Waals surface area (Å²) in [6, 6.07) is 10.4. The van der Waals surface area contributed by atoms with Gasteiger partial charge in [0.1, 0.15) is 0 Å². The van der Waals surface area contributed by atoms with Crippen LogP contribution in [0.2, 0.25) is 0 Å². The molecular formula is C16H22O. The quantitative estimate of drug-likeness (QED) is 0.764. The van der Waals surface area contributed by atoms with Crippen LogP contribution in [-0.2, 0) is 0 Å². The van der Waals surface area contributed by atoms with Crippen molar-refractivity contribution in [3.63, 3.8) is 0 Å². The zero-order chi connectivity index (χ0) is 12.1. The second-order valence-electron chi connectivity index (χ2n) is 5.02. The molecular weight excluding hydrogens is 208 g/mol. The molecule has 1 aliphatic carbocycles. The fraction of sp³-hybridized carbons (Fsp3) is 0.500. The van der Waals surface area contributed by atoms with Crippen molar-refractivity contribution in [2.45, 2.75) is 44.6 Å². The average Bonchev–Trinajstić information content (AvgIpc) is 2.35. The van der Waals surface area contributed by atoms with E-state index in [1.165, 1.54) is 18.4 Å². The van der Waals surface area contributed by atoms with Crippen LogP contribution in [0, 0.1) is 5.92 Å². The van der Waals surface area contributed by atoms with E-state index in [-0.39, 0.29) is 12.0 Å². The van der Waals surface area contributed by atoms with Crippen molar-refractivity contribution in [2.75, 3.05) is 0 Å². The van der Waals surface area contributed by atoms with Crippen molar-refractivity contribution >= 4 is 0 Å². The molecule has 1 aromatic rings. The van der Waals surface area contributed by atoms with Crippen LogP contribution in [-0.4, -0.2) is 11.2 Å². The standard InChI is InChI=1S/C16H22O/c1-2-13-7-6-10-16(17)15(12-11-13)14-8-4-3-5-9-14/h3-6,8-10,13,15-17H,2,7,11-12H2,1H3/b10-6-. The SMILES string of the molecule is CCC1C/C=C\C(O)C(c2ccccc2)CC1. The summed E-state index contributed by atoms with van der Waals surface area (Å²) in [4.78, 5) is 0. The van der Waals surface area contributed by atoms with Gasteiger partial charge in [-0.1, -0.05) is 55.8 Å². The molecule has 0 heterocycles. The molecule has 1 heteroatoms. The molecule has 17 heavy (non-hydrogen) atoms. The Morgan fingerprint density at radius 3 is 2.65 bits per heavy atom. The predicted molar refractivity (Wildman–Crippen MR) is 72.0 cm³/mol. The highest BCUT2D eigenvalue weighted by Crippen LogP contribution is 2.31. The van der Waals surface area contributed by atoms with Gasteiger partial charge in [0.25, 0.3) is 0 Å². The van der Waals surface area contributed by atoms with Gasteiger partial charge < -0.3 is 5.11 Å². The van der Waals surface area contributed by atoms with Crippen LogP contribution >= 0.6 is 0 Å². The first kappa shape index (κ1) is 12.4. The Bertz CT molecular complexity index is 355. The third-order valence-corrected chi connectivity index (χ3v) is 3.91. The van der Waals surface area contributed by atoms with Gasteiger partial charge in [0.15, 0.2) is 0 Å². The first-order valence-corrected chi connectivity index (χ1v) is 6.71. The Labute approximate surface area is 104 Å². The lowest BCUT2D eigenvalue weighted by molar-refractivity contribution is 0.175. The number of aliphatic hydroxyl groups excluding tert-OH is 1. The highest BCUT2D eigenvalue weighted by Gasteiger charge is 2.21. The molecule has 0 saturated heterocycles. The molecule has 2 rings (SSSR count). The maximum Gasteiger partial charge on any atom is 0.0789 e. The monoisotopic (exact) mass is 230 g/mol. The van der Waals surface area contributed by atoms with Gasteiger partial charge in [0, 0.05) is 5.92 Å². The largest absolute Gasteiger partial charge is 0.388 e. The van der Waals surface area contributed by atoms with Gasteiger partial charge in [-0.2, -0.15) is 0 Å². The molecule has 92 valence electrons. The minimum absolute atomic E-state index is 0.266. The molecule has 0 bridgehead atoms. The summed E-state index contributed by atoms with van der Waals surface area (Å²) in [5, 5.41) is 10.2. The molecule has 1 nitrogen and oxygen atoms in total. The Balaban J connectivity index is 2.15. The molecule has 1 N–H and O–H groups in total. The first-order chi connectivity index (χ1) is 8.31. The smallest absolute Gasteiger partial charge is 0.0789 e. The zero-order valence-electron chi connectivity index (χ0n) is 10.5. The van der Waals surface area contributed by atoms with Crippen LogP contribution in [0.5, 0.6) is 0 Å². The second kappa shape index (κ2) is 6.02. The van der Waals surface area contributed by atoms with Crippen molar-refractivity contribution in [1.82, 2.24) is 0 Å². The summed E-state index contributed by atoms with van der Waals surface area (Å²) in [5.41, 5.74) is 1.27. The lowest BCUT2D eigenvalue weighted by atomic mass is 9.82. The summed E-state index contributed by atoms with van der Waals surface area (Å²) in [7, 11) is 0. The minimum Gasteiger partial charge on any atom is -0.388 e. The van der Waals surface area contributed by atoms with Crippen LogP contribution in [0.15, 0.2) is 42.5 Å². The summed E-state index contributed by atoms with van der Waals surface area (Å²) in [6.45, 7) is 2.26. The molecule has 0 saturated carbocycles. The van der Waals surface area contributed by atoms with E-state index < -0.39 is 0 Å². The van der Waals surface area contributed by atoms with Gasteiger partial charge in [-0.3, -0.25) is 0 Å². The number of aliphatic hydroxyl groups is 1. The van der Waals surface area contributed by atoms with Crippen LogP contribution in [0.3, 0.4) is 0 Å². The molecule has 0 aromatic heterocycles. The van der Waals surface area contributed by atoms with E-state index in [9.17, 15) is 5.11 Å². The predicted octanol–water partition coefficient (Wildman–Crippen LogP) is 3.90. The van der Waals surface area contributed by atoms with Crippen molar-refractivity contribution < 1.29 is 5.11 Å². The van der Waals surface area contributed by atoms with E-state index >= 15 is 0 Å². The topological polar surface area (TPSA) is 20.2 Å². The van der Waals surface area contributed by atoms with E-state index in [1.807, 2.05) is 12.1 Å². The Morgan fingerprint density at radius 1 is 1.18 bits per heavy atom. The summed E-state index contributed by atoms with van der Waals surface area (Å²) in [5.74, 6) is 1.05. The highest BCUT2D eigenvalue weighted by atomic mass is 16.3. The van der Waals surface area contributed by atoms with E-state index in [1.54, 1.807) is 0 Å². The molecule has 1 aliphatic rings. The fourth-order valence-electron chi connectivity index (χ4n) is 2.68. The van der Waals surface area contributed by atoms with Gasteiger partial charge in [-0.15, -0.1) is 0 Å². The van der Waals surface area contributed by atoms with Gasteiger partial charge in [-0.25, -0.2) is 0 Å². The number of rotatable bonds is 2. The molecule has 0 radical (unpaired) electrons. The summed E-state index contributed by atoms with van der Waals surface area (Å²) in [6.07, 6.45) is 8.49. The second-order valence-corrected chi connectivity index (χ2v) is 5.02. The Morgan fingerprint density at radius 2 is 1.94 bits per heavy atom. The number of allylic oxidation sites excluding steroid dienone is 1. The zero-order valence-corrected chi connectivity index (χ0v) is 10.5. The number of hydrogen-bond acceptors (Lipinski definition) is 1. The van der Waals surface area contributed by atoms with Crippen LogP contribution in [0.25, 0.3) is 0 Å². The van der Waals surface area contributed by atoms with Gasteiger partial charge >= 0.3 is 0 Å². The number of benzene rings is 1. The highest BCUT2D eigenvalue weighted by molar-refractivity contribution is 5.22. The third-order valence-electron chi connectivity index (χ3n) is 3.91. The maximum atomic E-state index is 10.2. The van der Waals surface area contributed by atoms with E-state index in [0.717, 1.165) is 18.8 Å². The average molecular weight is 230 g/mol. The lowest BCUT2D eigenvalue weighted by Crippen LogP contribution is -2.19. The molecule has 0 fully saturated rings. The third kappa shape index (κ3) is 3.19. The minimum atomic E-state index is -0.324. The Kier molecular flexibility index (Phi) is 4.38. The summed E-state index contributed by atoms with van der Waals surface area (Å²) >= 11 is 0. The molecule has 3 unspecified atom stereocenters. The molecule has 3 atom stereocenters. The number of hydrogen-bond donors (Lipinski definition) is 1. The Hall–Kier alpha value is -1.08. The van der Waals surface area contributed by atoms with E-state index in [2.05, 4.69) is 37.3 Å². The maximum absolute atomic E-state index is 10.2. The normalized spacial score (nSPS) is 31.5.